The maximum atomic E-state index is 14.6. The summed E-state index contributed by atoms with van der Waals surface area (Å²) >= 11 is 0. The normalized spacial score (nSPS) is 46.1. The molecule has 39 heavy (non-hydrogen) atoms. The van der Waals surface area contributed by atoms with Crippen LogP contribution in [0.15, 0.2) is 22.4 Å². The molecule has 214 valence electrons. The third-order valence-corrected chi connectivity index (χ3v) is 13.2. The summed E-state index contributed by atoms with van der Waals surface area (Å²) in [4.78, 5) is 28.0. The first-order chi connectivity index (χ1) is 18.2. The summed E-state index contributed by atoms with van der Waals surface area (Å²) in [7, 11) is 3.28. The Balaban J connectivity index is 1.50. The molecule has 0 N–H and O–H groups in total. The highest BCUT2D eigenvalue weighted by atomic mass is 16.5. The van der Waals surface area contributed by atoms with Gasteiger partial charge in [-0.1, -0.05) is 45.3 Å². The molecule has 1 aromatic heterocycles. The summed E-state index contributed by atoms with van der Waals surface area (Å²) in [5.74, 6) is 1.20. The number of methoxy groups -OCH3 is 2. The second kappa shape index (κ2) is 8.30. The van der Waals surface area contributed by atoms with Gasteiger partial charge in [-0.2, -0.15) is 0 Å². The zero-order chi connectivity index (χ0) is 28.2. The fourth-order valence-electron chi connectivity index (χ4n) is 11.1. The van der Waals surface area contributed by atoms with Crippen LogP contribution < -0.4 is 0 Å². The van der Waals surface area contributed by atoms with E-state index < -0.39 is 5.41 Å². The van der Waals surface area contributed by atoms with Gasteiger partial charge in [-0.25, -0.2) is 0 Å². The quantitative estimate of drug-likeness (QED) is 0.411. The van der Waals surface area contributed by atoms with E-state index in [9.17, 15) is 9.59 Å². The monoisotopic (exact) mass is 537 g/mol. The number of carbonyl (C=O) groups excluding carboxylic acids is 2. The second-order valence-electron chi connectivity index (χ2n) is 15.5. The summed E-state index contributed by atoms with van der Waals surface area (Å²) < 4.78 is 17.1. The van der Waals surface area contributed by atoms with Gasteiger partial charge in [-0.3, -0.25) is 9.59 Å². The van der Waals surface area contributed by atoms with Gasteiger partial charge >= 0.3 is 5.97 Å². The van der Waals surface area contributed by atoms with Crippen LogP contribution in [-0.4, -0.2) is 37.7 Å². The lowest BCUT2D eigenvalue weighted by atomic mass is 9.34. The summed E-state index contributed by atoms with van der Waals surface area (Å²) in [5.41, 5.74) is 1.14. The highest BCUT2D eigenvalue weighted by Gasteiger charge is 2.71. The Morgan fingerprint density at radius 1 is 1.05 bits per heavy atom. The van der Waals surface area contributed by atoms with Crippen LogP contribution in [0.5, 0.6) is 0 Å². The minimum Gasteiger partial charge on any atom is -0.469 e. The largest absolute Gasteiger partial charge is 0.469 e. The van der Waals surface area contributed by atoms with Crippen LogP contribution >= 0.6 is 0 Å². The number of rotatable bonds is 3. The first-order valence-electron chi connectivity index (χ1n) is 15.0. The van der Waals surface area contributed by atoms with Crippen LogP contribution in [-0.2, 0) is 30.9 Å². The number of aromatic nitrogens is 1. The first kappa shape index (κ1) is 27.2. The van der Waals surface area contributed by atoms with Crippen LogP contribution in [0.3, 0.4) is 0 Å². The lowest BCUT2D eigenvalue weighted by molar-refractivity contribution is -0.192. The van der Waals surface area contributed by atoms with Crippen LogP contribution in [0.2, 0.25) is 0 Å². The third-order valence-electron chi connectivity index (χ3n) is 13.2. The van der Waals surface area contributed by atoms with Gasteiger partial charge in [0.25, 0.3) is 0 Å². The van der Waals surface area contributed by atoms with E-state index in [2.05, 4.69) is 52.8 Å². The molecule has 3 saturated carbocycles. The molecule has 1 heterocycles. The first-order valence-corrected chi connectivity index (χ1v) is 15.0. The van der Waals surface area contributed by atoms with E-state index in [1.54, 1.807) is 7.11 Å². The molecule has 0 bridgehead atoms. The smallest absolute Gasteiger partial charge is 0.312 e. The van der Waals surface area contributed by atoms with Crippen molar-refractivity contribution in [2.45, 2.75) is 98.3 Å². The number of carbonyl (C=O) groups is 2. The van der Waals surface area contributed by atoms with Crippen LogP contribution in [0.1, 0.15) is 97.8 Å². The predicted octanol–water partition coefficient (Wildman–Crippen LogP) is 6.47. The Labute approximate surface area is 233 Å². The maximum Gasteiger partial charge on any atom is 0.312 e. The molecule has 5 aliphatic carbocycles. The zero-order valence-corrected chi connectivity index (χ0v) is 25.2. The Morgan fingerprint density at radius 2 is 1.77 bits per heavy atom. The summed E-state index contributed by atoms with van der Waals surface area (Å²) in [6.07, 6.45) is 11.2. The Hall–Kier alpha value is -1.95. The van der Waals surface area contributed by atoms with E-state index in [4.69, 9.17) is 14.0 Å². The summed E-state index contributed by atoms with van der Waals surface area (Å²) in [6.45, 7) is 14.6. The van der Waals surface area contributed by atoms with Gasteiger partial charge in [0, 0.05) is 18.6 Å². The molecule has 0 amide bonds. The molecule has 0 saturated heterocycles. The molecule has 6 rings (SSSR count). The van der Waals surface area contributed by atoms with E-state index in [0.717, 1.165) is 62.7 Å². The fraction of sp³-hybridized carbons (Fsp3) is 0.788. The third kappa shape index (κ3) is 3.27. The van der Waals surface area contributed by atoms with Crippen molar-refractivity contribution in [2.24, 2.45) is 44.8 Å². The summed E-state index contributed by atoms with van der Waals surface area (Å²) in [5, 5.41) is 4.22. The van der Waals surface area contributed by atoms with Gasteiger partial charge in [0.2, 0.25) is 0 Å². The van der Waals surface area contributed by atoms with Crippen molar-refractivity contribution in [3.05, 3.63) is 29.2 Å². The van der Waals surface area contributed by atoms with Gasteiger partial charge in [-0.05, 0) is 97.9 Å². The zero-order valence-electron chi connectivity index (χ0n) is 25.2. The van der Waals surface area contributed by atoms with Gasteiger partial charge in [0.05, 0.1) is 30.7 Å². The molecular weight excluding hydrogens is 490 g/mol. The van der Waals surface area contributed by atoms with Crippen molar-refractivity contribution in [3.63, 3.8) is 0 Å². The number of ether oxygens (including phenoxy) is 2. The molecule has 0 spiro atoms. The van der Waals surface area contributed by atoms with Crippen molar-refractivity contribution in [2.75, 3.05) is 20.8 Å². The van der Waals surface area contributed by atoms with Crippen molar-refractivity contribution in [1.29, 1.82) is 0 Å². The lowest BCUT2D eigenvalue weighted by Crippen LogP contribution is -2.66. The number of allylic oxidation sites excluding steroid dienone is 2. The van der Waals surface area contributed by atoms with Crippen molar-refractivity contribution in [1.82, 2.24) is 5.16 Å². The molecule has 2 unspecified atom stereocenters. The minimum atomic E-state index is -0.549. The standard InChI is InChI=1S/C33H47NO5/c1-28(2)11-13-33(27(36)38-8)14-12-32(6)25(21(33)17-28)22(35)15-24-29(3)16-20-18-34-39-26(20)30(4,19-37-7)23(29)9-10-31(24,32)5/h15,18,21,23,25H,9-14,16-17,19H2,1-8H3/t21?,23-,25?,29+,30+,31-,32-,33+/m1/s1. The number of hydrogen-bond acceptors (Lipinski definition) is 6. The predicted molar refractivity (Wildman–Crippen MR) is 148 cm³/mol. The average Bonchev–Trinajstić information content (AvgIpc) is 3.34. The minimum absolute atomic E-state index is 0.00916. The van der Waals surface area contributed by atoms with Crippen molar-refractivity contribution in [3.8, 4) is 0 Å². The van der Waals surface area contributed by atoms with Crippen molar-refractivity contribution < 1.29 is 23.6 Å². The molecule has 6 nitrogen and oxygen atoms in total. The molecule has 6 heteroatoms. The number of fused-ring (bicyclic) bond motifs is 8. The van der Waals surface area contributed by atoms with E-state index in [-0.39, 0.29) is 56.6 Å². The molecule has 8 atom stereocenters. The van der Waals surface area contributed by atoms with Crippen molar-refractivity contribution >= 4 is 11.8 Å². The van der Waals surface area contributed by atoms with Gasteiger partial charge in [-0.15, -0.1) is 0 Å². The van der Waals surface area contributed by atoms with Gasteiger partial charge in [0.15, 0.2) is 5.78 Å². The number of hydrogen-bond donors (Lipinski definition) is 0. The Bertz CT molecular complexity index is 1250. The molecule has 0 aliphatic heterocycles. The fourth-order valence-corrected chi connectivity index (χ4v) is 11.1. The summed E-state index contributed by atoms with van der Waals surface area (Å²) in [6, 6.07) is 0. The molecule has 0 aromatic carbocycles. The van der Waals surface area contributed by atoms with E-state index in [0.29, 0.717) is 6.61 Å². The molecule has 0 radical (unpaired) electrons. The van der Waals surface area contributed by atoms with Crippen LogP contribution in [0.25, 0.3) is 0 Å². The Morgan fingerprint density at radius 3 is 2.46 bits per heavy atom. The average molecular weight is 538 g/mol. The van der Waals surface area contributed by atoms with Gasteiger partial charge < -0.3 is 14.0 Å². The van der Waals surface area contributed by atoms with Crippen LogP contribution in [0, 0.1) is 44.8 Å². The van der Waals surface area contributed by atoms with Crippen LogP contribution in [0.4, 0.5) is 0 Å². The Kier molecular flexibility index (Phi) is 5.79. The lowest BCUT2D eigenvalue weighted by Gasteiger charge is -2.69. The van der Waals surface area contributed by atoms with Gasteiger partial charge in [0.1, 0.15) is 5.76 Å². The number of esters is 1. The highest BCUT2D eigenvalue weighted by Crippen LogP contribution is 2.74. The molecule has 3 fully saturated rings. The molecule has 1 aromatic rings. The van der Waals surface area contributed by atoms with E-state index in [1.165, 1.54) is 12.7 Å². The topological polar surface area (TPSA) is 78.6 Å². The molecular formula is C33H47NO5. The van der Waals surface area contributed by atoms with E-state index >= 15 is 0 Å². The molecule has 5 aliphatic rings. The number of ketones is 1. The number of nitrogens with zero attached hydrogens (tertiary/aromatic N) is 1. The maximum absolute atomic E-state index is 14.6. The highest BCUT2D eigenvalue weighted by molar-refractivity contribution is 5.96. The van der Waals surface area contributed by atoms with E-state index in [1.807, 2.05) is 6.20 Å². The second-order valence-corrected chi connectivity index (χ2v) is 15.5. The SMILES string of the molecule is COC[C@]1(C)c2oncc2C[C@]2(C)C3=CC(=O)C4C5CC(C)(C)CC[C@]5(C(=O)OC)CC[C@@]4(C)[C@]3(C)CC[C@H]21.